The maximum absolute atomic E-state index is 12.8. The zero-order valence-corrected chi connectivity index (χ0v) is 16.4. The van der Waals surface area contributed by atoms with Crippen LogP contribution in [0.1, 0.15) is 30.1 Å². The van der Waals surface area contributed by atoms with Gasteiger partial charge in [-0.05, 0) is 62.7 Å². The van der Waals surface area contributed by atoms with Crippen LogP contribution in [-0.2, 0) is 10.0 Å². The second kappa shape index (κ2) is 8.10. The van der Waals surface area contributed by atoms with Gasteiger partial charge in [-0.15, -0.1) is 0 Å². The van der Waals surface area contributed by atoms with Crippen molar-refractivity contribution in [2.75, 3.05) is 17.9 Å². The highest BCUT2D eigenvalue weighted by Crippen LogP contribution is 2.22. The molecule has 1 heterocycles. The smallest absolute Gasteiger partial charge is 0.264 e. The molecule has 6 nitrogen and oxygen atoms in total. The van der Waals surface area contributed by atoms with Crippen molar-refractivity contribution >= 4 is 21.6 Å². The average Bonchev–Trinajstić information content (AvgIpc) is 2.70. The summed E-state index contributed by atoms with van der Waals surface area (Å²) in [5, 5.41) is 6.38. The van der Waals surface area contributed by atoms with Crippen molar-refractivity contribution in [2.24, 2.45) is 0 Å². The number of para-hydroxylation sites is 1. The summed E-state index contributed by atoms with van der Waals surface area (Å²) in [5.41, 5.74) is 1.03. The third-order valence-electron chi connectivity index (χ3n) is 4.97. The molecule has 0 bridgehead atoms. The minimum Gasteiger partial charge on any atom is -0.348 e. The van der Waals surface area contributed by atoms with Gasteiger partial charge in [0.25, 0.3) is 15.9 Å². The fourth-order valence-corrected chi connectivity index (χ4v) is 4.40. The van der Waals surface area contributed by atoms with Gasteiger partial charge in [0, 0.05) is 24.7 Å². The molecule has 1 fully saturated rings. The van der Waals surface area contributed by atoms with Gasteiger partial charge in [-0.1, -0.05) is 18.2 Å². The van der Waals surface area contributed by atoms with E-state index >= 15 is 0 Å². The van der Waals surface area contributed by atoms with E-state index in [1.807, 2.05) is 6.07 Å². The van der Waals surface area contributed by atoms with Crippen molar-refractivity contribution in [2.45, 2.75) is 36.7 Å². The molecule has 0 saturated carbocycles. The first-order chi connectivity index (χ1) is 12.9. The molecule has 2 unspecified atom stereocenters. The predicted octanol–water partition coefficient (Wildman–Crippen LogP) is 2.38. The normalized spacial score (nSPS) is 20.1. The Morgan fingerprint density at radius 3 is 2.41 bits per heavy atom. The van der Waals surface area contributed by atoms with E-state index in [0.29, 0.717) is 11.3 Å². The third-order valence-corrected chi connectivity index (χ3v) is 6.77. The van der Waals surface area contributed by atoms with E-state index in [9.17, 15) is 13.2 Å². The molecule has 7 heteroatoms. The Kier molecular flexibility index (Phi) is 5.82. The molecule has 1 amide bonds. The van der Waals surface area contributed by atoms with Gasteiger partial charge >= 0.3 is 0 Å². The average molecular weight is 388 g/mol. The van der Waals surface area contributed by atoms with E-state index in [1.54, 1.807) is 36.4 Å². The van der Waals surface area contributed by atoms with Crippen LogP contribution in [0.2, 0.25) is 0 Å². The van der Waals surface area contributed by atoms with E-state index in [0.717, 1.165) is 19.4 Å². The SMILES string of the molecule is CC1NCCCC1NC(=O)c1ccc(S(=O)(=O)N(C)c2ccccc2)cc1. The lowest BCUT2D eigenvalue weighted by Crippen LogP contribution is -2.51. The highest BCUT2D eigenvalue weighted by molar-refractivity contribution is 7.92. The fourth-order valence-electron chi connectivity index (χ4n) is 3.21. The number of anilines is 1. The molecule has 27 heavy (non-hydrogen) atoms. The summed E-state index contributed by atoms with van der Waals surface area (Å²) < 4.78 is 26.8. The van der Waals surface area contributed by atoms with Crippen LogP contribution < -0.4 is 14.9 Å². The Morgan fingerprint density at radius 1 is 1.11 bits per heavy atom. The minimum atomic E-state index is -3.68. The zero-order chi connectivity index (χ0) is 19.4. The summed E-state index contributed by atoms with van der Waals surface area (Å²) in [6.45, 7) is 3.02. The van der Waals surface area contributed by atoms with Gasteiger partial charge in [0.1, 0.15) is 0 Å². The molecule has 1 aliphatic heterocycles. The minimum absolute atomic E-state index is 0.0823. The van der Waals surface area contributed by atoms with Crippen molar-refractivity contribution < 1.29 is 13.2 Å². The quantitative estimate of drug-likeness (QED) is 0.826. The number of sulfonamides is 1. The highest BCUT2D eigenvalue weighted by atomic mass is 32.2. The maximum atomic E-state index is 12.8. The van der Waals surface area contributed by atoms with Crippen LogP contribution in [0.3, 0.4) is 0 Å². The van der Waals surface area contributed by atoms with E-state index in [2.05, 4.69) is 17.6 Å². The summed E-state index contributed by atoms with van der Waals surface area (Å²) >= 11 is 0. The number of nitrogens with zero attached hydrogens (tertiary/aromatic N) is 1. The molecule has 3 rings (SSSR count). The maximum Gasteiger partial charge on any atom is 0.264 e. The number of piperidine rings is 1. The summed E-state index contributed by atoms with van der Waals surface area (Å²) in [6, 6.07) is 15.3. The Morgan fingerprint density at radius 2 is 1.78 bits per heavy atom. The van der Waals surface area contributed by atoms with Crippen molar-refractivity contribution in [3.05, 3.63) is 60.2 Å². The van der Waals surface area contributed by atoms with Crippen LogP contribution in [0.4, 0.5) is 5.69 Å². The van der Waals surface area contributed by atoms with Gasteiger partial charge in [0.05, 0.1) is 10.6 Å². The second-order valence-corrected chi connectivity index (χ2v) is 8.77. The Bertz CT molecular complexity index is 882. The van der Waals surface area contributed by atoms with E-state index in [1.165, 1.54) is 23.5 Å². The van der Waals surface area contributed by atoms with Gasteiger partial charge in [-0.2, -0.15) is 0 Å². The molecule has 2 atom stereocenters. The molecule has 0 radical (unpaired) electrons. The Balaban J connectivity index is 1.73. The van der Waals surface area contributed by atoms with Gasteiger partial charge in [-0.25, -0.2) is 8.42 Å². The second-order valence-electron chi connectivity index (χ2n) is 6.80. The first kappa shape index (κ1) is 19.4. The first-order valence-corrected chi connectivity index (χ1v) is 10.5. The van der Waals surface area contributed by atoms with E-state index < -0.39 is 10.0 Å². The molecular formula is C20H25N3O3S. The molecular weight excluding hydrogens is 362 g/mol. The topological polar surface area (TPSA) is 78.5 Å². The highest BCUT2D eigenvalue weighted by Gasteiger charge is 2.24. The number of carbonyl (C=O) groups is 1. The predicted molar refractivity (Wildman–Crippen MR) is 106 cm³/mol. The molecule has 2 aromatic carbocycles. The fraction of sp³-hybridized carbons (Fsp3) is 0.350. The number of carbonyl (C=O) groups excluding carboxylic acids is 1. The number of nitrogens with one attached hydrogen (secondary N) is 2. The molecule has 1 aliphatic rings. The largest absolute Gasteiger partial charge is 0.348 e. The number of benzene rings is 2. The lowest BCUT2D eigenvalue weighted by Gasteiger charge is -2.30. The van der Waals surface area contributed by atoms with Crippen LogP contribution in [-0.4, -0.2) is 40.0 Å². The van der Waals surface area contributed by atoms with Crippen molar-refractivity contribution in [3.63, 3.8) is 0 Å². The Hall–Kier alpha value is -2.38. The molecule has 1 saturated heterocycles. The lowest BCUT2D eigenvalue weighted by atomic mass is 9.99. The van der Waals surface area contributed by atoms with E-state index in [-0.39, 0.29) is 22.9 Å². The third kappa shape index (κ3) is 4.31. The molecule has 0 aromatic heterocycles. The van der Waals surface area contributed by atoms with Crippen LogP contribution in [0.5, 0.6) is 0 Å². The summed E-state index contributed by atoms with van der Waals surface area (Å²) in [6.07, 6.45) is 1.96. The monoisotopic (exact) mass is 387 g/mol. The summed E-state index contributed by atoms with van der Waals surface area (Å²) in [5.74, 6) is -0.184. The van der Waals surface area contributed by atoms with Crippen LogP contribution in [0, 0.1) is 0 Å². The molecule has 0 spiro atoms. The molecule has 2 N–H and O–H groups in total. The number of hydrogen-bond donors (Lipinski definition) is 2. The van der Waals surface area contributed by atoms with Crippen LogP contribution in [0.15, 0.2) is 59.5 Å². The van der Waals surface area contributed by atoms with Crippen molar-refractivity contribution in [3.8, 4) is 0 Å². The summed E-state index contributed by atoms with van der Waals surface area (Å²) in [7, 11) is -2.16. The van der Waals surface area contributed by atoms with Crippen LogP contribution in [0.25, 0.3) is 0 Å². The number of rotatable bonds is 5. The first-order valence-electron chi connectivity index (χ1n) is 9.08. The van der Waals surface area contributed by atoms with Crippen molar-refractivity contribution in [1.82, 2.24) is 10.6 Å². The molecule has 0 aliphatic carbocycles. The van der Waals surface area contributed by atoms with Crippen molar-refractivity contribution in [1.29, 1.82) is 0 Å². The molecule has 2 aromatic rings. The van der Waals surface area contributed by atoms with Gasteiger partial charge in [-0.3, -0.25) is 9.10 Å². The van der Waals surface area contributed by atoms with Crippen LogP contribution >= 0.6 is 0 Å². The molecule has 144 valence electrons. The number of amides is 1. The van der Waals surface area contributed by atoms with Gasteiger partial charge in [0.15, 0.2) is 0 Å². The van der Waals surface area contributed by atoms with Gasteiger partial charge < -0.3 is 10.6 Å². The standard InChI is InChI=1S/C20H25N3O3S/c1-15-19(9-6-14-21-15)22-20(24)16-10-12-18(13-11-16)27(25,26)23(2)17-7-4-3-5-8-17/h3-5,7-8,10-13,15,19,21H,6,9,14H2,1-2H3,(H,22,24). The Labute approximate surface area is 160 Å². The zero-order valence-electron chi connectivity index (χ0n) is 15.6. The number of hydrogen-bond acceptors (Lipinski definition) is 4. The van der Waals surface area contributed by atoms with Gasteiger partial charge in [0.2, 0.25) is 0 Å². The lowest BCUT2D eigenvalue weighted by molar-refractivity contribution is 0.0919. The summed E-state index contributed by atoms with van der Waals surface area (Å²) in [4.78, 5) is 12.6. The van der Waals surface area contributed by atoms with E-state index in [4.69, 9.17) is 0 Å².